The van der Waals surface area contributed by atoms with Gasteiger partial charge in [0.2, 0.25) is 5.91 Å². The molecule has 0 spiro atoms. The van der Waals surface area contributed by atoms with Crippen molar-refractivity contribution in [3.63, 3.8) is 0 Å². The van der Waals surface area contributed by atoms with Gasteiger partial charge in [0.15, 0.2) is 9.84 Å². The van der Waals surface area contributed by atoms with Gasteiger partial charge in [0.25, 0.3) is 0 Å². The van der Waals surface area contributed by atoms with Gasteiger partial charge >= 0.3 is 0 Å². The van der Waals surface area contributed by atoms with E-state index in [2.05, 4.69) is 43.7 Å². The van der Waals surface area contributed by atoms with Crippen LogP contribution in [0.3, 0.4) is 0 Å². The van der Waals surface area contributed by atoms with E-state index in [0.717, 1.165) is 60.4 Å². The first-order valence-electron chi connectivity index (χ1n) is 12.5. The van der Waals surface area contributed by atoms with E-state index in [-0.39, 0.29) is 43.0 Å². The summed E-state index contributed by atoms with van der Waals surface area (Å²) in [5, 5.41) is 1.01. The lowest BCUT2D eigenvalue weighted by Crippen LogP contribution is -2.44. The molecule has 0 saturated carbocycles. The number of piperidine rings is 1. The zero-order valence-electron chi connectivity index (χ0n) is 20.1. The Morgan fingerprint density at radius 2 is 1.78 bits per heavy atom. The lowest BCUT2D eigenvalue weighted by molar-refractivity contribution is -0.130. The summed E-state index contributed by atoms with van der Waals surface area (Å²) in [6.07, 6.45) is 5.75. The molecule has 1 amide bonds. The molecule has 0 unspecified atom stereocenters. The van der Waals surface area contributed by atoms with E-state index < -0.39 is 9.84 Å². The highest BCUT2D eigenvalue weighted by molar-refractivity contribution is 7.91. The standard InChI is InChI=1S/C26H30N6O3S/c33-24(31-12-14-36(34,35)15-13-31)16-23-29-22-17-28-26-21(6-9-27-26)25(22)32(23)20-7-10-30(11-8-20)18-19-4-2-1-3-5-19/h1-6,9,17,20H,7-8,10-16,18H2,(H,27,28). The molecular weight excluding hydrogens is 476 g/mol. The summed E-state index contributed by atoms with van der Waals surface area (Å²) >= 11 is 0. The molecule has 3 aromatic heterocycles. The van der Waals surface area contributed by atoms with Crippen LogP contribution in [0.1, 0.15) is 30.3 Å². The van der Waals surface area contributed by atoms with E-state index in [0.29, 0.717) is 0 Å². The highest BCUT2D eigenvalue weighted by Crippen LogP contribution is 2.33. The molecule has 2 aliphatic rings. The topological polar surface area (TPSA) is 104 Å². The van der Waals surface area contributed by atoms with Crippen LogP contribution in [0.25, 0.3) is 22.1 Å². The smallest absolute Gasteiger partial charge is 0.230 e. The summed E-state index contributed by atoms with van der Waals surface area (Å²) < 4.78 is 25.9. The van der Waals surface area contributed by atoms with Gasteiger partial charge in [0, 0.05) is 50.3 Å². The minimum absolute atomic E-state index is 0.0307. The van der Waals surface area contributed by atoms with Crippen molar-refractivity contribution >= 4 is 37.8 Å². The number of nitrogens with one attached hydrogen (secondary N) is 1. The number of amides is 1. The van der Waals surface area contributed by atoms with Crippen molar-refractivity contribution in [3.05, 3.63) is 60.2 Å². The van der Waals surface area contributed by atoms with Crippen LogP contribution in [-0.4, -0.2) is 81.3 Å². The lowest BCUT2D eigenvalue weighted by atomic mass is 10.0. The van der Waals surface area contributed by atoms with Crippen molar-refractivity contribution in [1.29, 1.82) is 0 Å². The Hall–Kier alpha value is -3.24. The van der Waals surface area contributed by atoms with Crippen LogP contribution in [0.15, 0.2) is 48.8 Å². The number of likely N-dealkylation sites (tertiary alicyclic amines) is 1. The Labute approximate surface area is 210 Å². The molecule has 1 aromatic carbocycles. The number of hydrogen-bond donors (Lipinski definition) is 1. The Morgan fingerprint density at radius 1 is 1.03 bits per heavy atom. The van der Waals surface area contributed by atoms with E-state index in [4.69, 9.17) is 4.98 Å². The van der Waals surface area contributed by atoms with Crippen LogP contribution in [0.2, 0.25) is 0 Å². The van der Waals surface area contributed by atoms with Gasteiger partial charge in [-0.1, -0.05) is 30.3 Å². The zero-order valence-corrected chi connectivity index (χ0v) is 21.0. The maximum atomic E-state index is 13.2. The first-order chi connectivity index (χ1) is 17.5. The van der Waals surface area contributed by atoms with E-state index in [1.165, 1.54) is 5.56 Å². The minimum Gasteiger partial charge on any atom is -0.346 e. The lowest BCUT2D eigenvalue weighted by Gasteiger charge is -2.34. The van der Waals surface area contributed by atoms with Crippen LogP contribution >= 0.6 is 0 Å². The molecule has 2 aliphatic heterocycles. The Balaban J connectivity index is 1.28. The molecule has 6 rings (SSSR count). The average molecular weight is 507 g/mol. The number of nitrogens with zero attached hydrogens (tertiary/aromatic N) is 5. The van der Waals surface area contributed by atoms with E-state index in [1.54, 1.807) is 11.1 Å². The fourth-order valence-electron chi connectivity index (χ4n) is 5.54. The molecule has 0 atom stereocenters. The first kappa shape index (κ1) is 23.2. The first-order valence-corrected chi connectivity index (χ1v) is 14.4. The number of H-pyrrole nitrogens is 1. The molecule has 0 aliphatic carbocycles. The van der Waals surface area contributed by atoms with E-state index in [9.17, 15) is 13.2 Å². The quantitative estimate of drug-likeness (QED) is 0.446. The number of rotatable bonds is 5. The molecular formula is C26H30N6O3S. The molecule has 0 bridgehead atoms. The number of aromatic amines is 1. The zero-order chi connectivity index (χ0) is 24.7. The third-order valence-corrected chi connectivity index (χ3v) is 9.09. The fourth-order valence-corrected chi connectivity index (χ4v) is 6.75. The van der Waals surface area contributed by atoms with Crippen molar-refractivity contribution in [1.82, 2.24) is 29.3 Å². The summed E-state index contributed by atoms with van der Waals surface area (Å²) in [6, 6.07) is 12.8. The third-order valence-electron chi connectivity index (χ3n) is 7.49. The predicted octanol–water partition coefficient (Wildman–Crippen LogP) is 2.55. The van der Waals surface area contributed by atoms with Crippen LogP contribution in [0.4, 0.5) is 0 Å². The number of aromatic nitrogens is 4. The van der Waals surface area contributed by atoms with Gasteiger partial charge in [-0.2, -0.15) is 0 Å². The number of fused-ring (bicyclic) bond motifs is 3. The maximum absolute atomic E-state index is 13.2. The number of imidazole rings is 1. The van der Waals surface area contributed by atoms with Gasteiger partial charge in [-0.15, -0.1) is 0 Å². The van der Waals surface area contributed by atoms with Crippen LogP contribution in [0.5, 0.6) is 0 Å². The highest BCUT2D eigenvalue weighted by atomic mass is 32.2. The van der Waals surface area contributed by atoms with Gasteiger partial charge in [-0.25, -0.2) is 18.4 Å². The Bertz CT molecular complexity index is 1490. The molecule has 4 aromatic rings. The predicted molar refractivity (Wildman–Crippen MR) is 138 cm³/mol. The summed E-state index contributed by atoms with van der Waals surface area (Å²) in [5.74, 6) is 0.730. The molecule has 2 fully saturated rings. The SMILES string of the molecule is O=C(Cc1nc2cnc3[nH]ccc3c2n1C1CCN(Cc2ccccc2)CC1)N1CCS(=O)(=O)CC1. The van der Waals surface area contributed by atoms with E-state index in [1.807, 2.05) is 18.3 Å². The second-order valence-electron chi connectivity index (χ2n) is 9.83. The molecule has 10 heteroatoms. The van der Waals surface area contributed by atoms with Crippen molar-refractivity contribution in [3.8, 4) is 0 Å². The number of hydrogen-bond acceptors (Lipinski definition) is 6. The highest BCUT2D eigenvalue weighted by Gasteiger charge is 2.29. The fraction of sp³-hybridized carbons (Fsp3) is 0.423. The monoisotopic (exact) mass is 506 g/mol. The molecule has 1 N–H and O–H groups in total. The van der Waals surface area contributed by atoms with Crippen LogP contribution in [-0.2, 0) is 27.6 Å². The van der Waals surface area contributed by atoms with Crippen LogP contribution in [0, 0.1) is 0 Å². The van der Waals surface area contributed by atoms with Crippen molar-refractivity contribution < 1.29 is 13.2 Å². The number of carbonyl (C=O) groups is 1. The second-order valence-corrected chi connectivity index (χ2v) is 12.1. The summed E-state index contributed by atoms with van der Waals surface area (Å²) in [7, 11) is -3.04. The summed E-state index contributed by atoms with van der Waals surface area (Å²) in [5.41, 5.74) is 3.94. The minimum atomic E-state index is -3.04. The van der Waals surface area contributed by atoms with Crippen molar-refractivity contribution in [2.24, 2.45) is 0 Å². The van der Waals surface area contributed by atoms with Gasteiger partial charge < -0.3 is 14.5 Å². The third kappa shape index (κ3) is 4.51. The van der Waals surface area contributed by atoms with Gasteiger partial charge in [-0.3, -0.25) is 9.69 Å². The summed E-state index contributed by atoms with van der Waals surface area (Å²) in [6.45, 7) is 3.38. The molecule has 5 heterocycles. The Morgan fingerprint density at radius 3 is 2.53 bits per heavy atom. The van der Waals surface area contributed by atoms with Crippen LogP contribution < -0.4 is 0 Å². The number of benzene rings is 1. The number of sulfone groups is 1. The van der Waals surface area contributed by atoms with Crippen molar-refractivity contribution in [2.45, 2.75) is 31.8 Å². The maximum Gasteiger partial charge on any atom is 0.230 e. The second kappa shape index (κ2) is 9.33. The largest absolute Gasteiger partial charge is 0.346 e. The van der Waals surface area contributed by atoms with Gasteiger partial charge in [-0.05, 0) is 24.5 Å². The molecule has 2 saturated heterocycles. The molecule has 36 heavy (non-hydrogen) atoms. The Kier molecular flexibility index (Phi) is 6.00. The molecule has 9 nitrogen and oxygen atoms in total. The molecule has 0 radical (unpaired) electrons. The summed E-state index contributed by atoms with van der Waals surface area (Å²) in [4.78, 5) is 29.9. The number of pyridine rings is 1. The van der Waals surface area contributed by atoms with Gasteiger partial charge in [0.1, 0.15) is 17.0 Å². The normalized spacial score (nSPS) is 19.3. The number of carbonyl (C=O) groups excluding carboxylic acids is 1. The molecule has 188 valence electrons. The van der Waals surface area contributed by atoms with Crippen molar-refractivity contribution in [2.75, 3.05) is 37.7 Å². The van der Waals surface area contributed by atoms with E-state index >= 15 is 0 Å². The van der Waals surface area contributed by atoms with Gasteiger partial charge in [0.05, 0.1) is 29.6 Å². The average Bonchev–Trinajstić information content (AvgIpc) is 3.49.